The van der Waals surface area contributed by atoms with E-state index in [0.717, 1.165) is 29.5 Å². The molecule has 34 heavy (non-hydrogen) atoms. The summed E-state index contributed by atoms with van der Waals surface area (Å²) in [4.78, 5) is 21.6. The van der Waals surface area contributed by atoms with Gasteiger partial charge in [-0.25, -0.2) is 0 Å². The lowest BCUT2D eigenvalue weighted by Crippen LogP contribution is -2.31. The van der Waals surface area contributed by atoms with Gasteiger partial charge in [-0.1, -0.05) is 28.9 Å². The van der Waals surface area contributed by atoms with Crippen LogP contribution in [0.25, 0.3) is 17.1 Å². The van der Waals surface area contributed by atoms with Crippen molar-refractivity contribution in [1.29, 1.82) is 0 Å². The summed E-state index contributed by atoms with van der Waals surface area (Å²) in [6, 6.07) is 8.82. The Balaban J connectivity index is 1.50. The van der Waals surface area contributed by atoms with Crippen LogP contribution < -0.4 is 4.74 Å². The third-order valence-corrected chi connectivity index (χ3v) is 6.54. The molecule has 174 valence electrons. The van der Waals surface area contributed by atoms with Gasteiger partial charge in [0.15, 0.2) is 0 Å². The molecule has 0 N–H and O–H groups in total. The smallest absolute Gasteiger partial charge is 0.256 e. The van der Waals surface area contributed by atoms with Crippen LogP contribution in [0, 0.1) is 13.8 Å². The Labute approximate surface area is 201 Å². The van der Waals surface area contributed by atoms with Gasteiger partial charge in [-0.3, -0.25) is 4.79 Å². The maximum atomic E-state index is 13.8. The minimum atomic E-state index is -0.334. The van der Waals surface area contributed by atoms with Gasteiger partial charge in [0.25, 0.3) is 5.91 Å². The summed E-state index contributed by atoms with van der Waals surface area (Å²) in [5.41, 5.74) is 3.58. The molecular weight excluding hydrogens is 456 g/mol. The molecule has 0 spiro atoms. The third kappa shape index (κ3) is 3.81. The van der Waals surface area contributed by atoms with Crippen LogP contribution in [-0.2, 0) is 0 Å². The van der Waals surface area contributed by atoms with E-state index in [0.29, 0.717) is 40.3 Å². The van der Waals surface area contributed by atoms with Crippen LogP contribution in [0.15, 0.2) is 47.2 Å². The van der Waals surface area contributed by atoms with Gasteiger partial charge in [-0.2, -0.15) is 20.0 Å². The Bertz CT molecular complexity index is 1350. The van der Waals surface area contributed by atoms with Crippen molar-refractivity contribution < 1.29 is 14.1 Å². The van der Waals surface area contributed by atoms with Crippen LogP contribution in [0.5, 0.6) is 5.75 Å². The Morgan fingerprint density at radius 1 is 1.21 bits per heavy atom. The van der Waals surface area contributed by atoms with Crippen molar-refractivity contribution in [1.82, 2.24) is 30.0 Å². The highest BCUT2D eigenvalue weighted by atomic mass is 35.5. The van der Waals surface area contributed by atoms with Gasteiger partial charge in [0, 0.05) is 17.1 Å². The molecular formula is C24H23ClN6O3. The van der Waals surface area contributed by atoms with Gasteiger partial charge in [0.05, 0.1) is 30.8 Å². The number of methoxy groups -OCH3 is 1. The van der Waals surface area contributed by atoms with Crippen molar-refractivity contribution in [2.45, 2.75) is 32.7 Å². The second kappa shape index (κ2) is 8.90. The van der Waals surface area contributed by atoms with E-state index in [2.05, 4.69) is 20.3 Å². The lowest BCUT2D eigenvalue weighted by atomic mass is 10.1. The van der Waals surface area contributed by atoms with Crippen LogP contribution in [0.4, 0.5) is 0 Å². The zero-order valence-corrected chi connectivity index (χ0v) is 19.8. The molecule has 0 aliphatic carbocycles. The lowest BCUT2D eigenvalue weighted by Gasteiger charge is -2.23. The Hall–Kier alpha value is -3.72. The van der Waals surface area contributed by atoms with E-state index in [9.17, 15) is 4.79 Å². The average molecular weight is 479 g/mol. The number of hydrogen-bond donors (Lipinski definition) is 0. The molecule has 1 saturated heterocycles. The first kappa shape index (κ1) is 22.1. The monoisotopic (exact) mass is 478 g/mol. The number of aromatic nitrogens is 5. The summed E-state index contributed by atoms with van der Waals surface area (Å²) < 4.78 is 11.1. The molecule has 1 amide bonds. The fraction of sp³-hybridized carbons (Fsp3) is 0.292. The molecule has 4 aromatic rings. The van der Waals surface area contributed by atoms with Crippen LogP contribution >= 0.6 is 11.6 Å². The van der Waals surface area contributed by atoms with Crippen molar-refractivity contribution in [3.63, 3.8) is 0 Å². The number of rotatable bonds is 5. The number of carbonyl (C=O) groups is 1. The van der Waals surface area contributed by atoms with E-state index in [1.165, 1.54) is 4.80 Å². The molecule has 0 radical (unpaired) electrons. The van der Waals surface area contributed by atoms with Crippen molar-refractivity contribution >= 4 is 17.5 Å². The number of carbonyl (C=O) groups excluding carboxylic acids is 1. The van der Waals surface area contributed by atoms with Crippen LogP contribution in [0.2, 0.25) is 5.02 Å². The van der Waals surface area contributed by atoms with E-state index in [1.807, 2.05) is 38.1 Å². The number of amides is 1. The molecule has 2 aromatic carbocycles. The topological polar surface area (TPSA) is 99.2 Å². The standard InChI is InChI=1S/C24H23ClN6O3/c1-14-12-20(31-26-9-10-27-31)17(13-21(14)33-3)24(32)30-11-5-8-19(30)23-28-22(29-34-23)16-6-4-7-18(25)15(16)2/h4,6-7,9-10,12-13,19H,5,8,11H2,1-3H3/t19-/m0/s1. The summed E-state index contributed by atoms with van der Waals surface area (Å²) in [6.07, 6.45) is 4.69. The molecule has 1 aliphatic heterocycles. The van der Waals surface area contributed by atoms with Crippen LogP contribution in [0.3, 0.4) is 0 Å². The van der Waals surface area contributed by atoms with Gasteiger partial charge in [0.2, 0.25) is 11.7 Å². The molecule has 5 rings (SSSR count). The predicted molar refractivity (Wildman–Crippen MR) is 125 cm³/mol. The number of likely N-dealkylation sites (tertiary alicyclic amines) is 1. The van der Waals surface area contributed by atoms with E-state index in [4.69, 9.17) is 20.9 Å². The number of aryl methyl sites for hydroxylation is 1. The molecule has 9 nitrogen and oxygen atoms in total. The summed E-state index contributed by atoms with van der Waals surface area (Å²) in [6.45, 7) is 4.39. The predicted octanol–water partition coefficient (Wildman–Crippen LogP) is 4.57. The molecule has 0 saturated carbocycles. The molecule has 1 fully saturated rings. The summed E-state index contributed by atoms with van der Waals surface area (Å²) in [7, 11) is 1.58. The number of benzene rings is 2. The first-order chi connectivity index (χ1) is 16.5. The van der Waals surface area contributed by atoms with Gasteiger partial charge in [-0.15, -0.1) is 0 Å². The minimum absolute atomic E-state index is 0.174. The SMILES string of the molecule is COc1cc(C(=O)N2CCC[C@H]2c2nc(-c3cccc(Cl)c3C)no2)c(-n2nccn2)cc1C. The molecule has 0 bridgehead atoms. The highest BCUT2D eigenvalue weighted by Gasteiger charge is 2.36. The number of halogens is 1. The largest absolute Gasteiger partial charge is 0.496 e. The fourth-order valence-corrected chi connectivity index (χ4v) is 4.50. The summed E-state index contributed by atoms with van der Waals surface area (Å²) in [5.74, 6) is 1.30. The average Bonchev–Trinajstić information content (AvgIpc) is 3.61. The maximum Gasteiger partial charge on any atom is 0.256 e. The molecule has 2 aromatic heterocycles. The number of hydrogen-bond acceptors (Lipinski definition) is 7. The molecule has 10 heteroatoms. The van der Waals surface area contributed by atoms with Crippen molar-refractivity contribution in [2.75, 3.05) is 13.7 Å². The van der Waals surface area contributed by atoms with Crippen LogP contribution in [0.1, 0.15) is 46.3 Å². The zero-order chi connectivity index (χ0) is 23.8. The van der Waals surface area contributed by atoms with Crippen molar-refractivity contribution in [3.05, 3.63) is 70.3 Å². The van der Waals surface area contributed by atoms with E-state index >= 15 is 0 Å². The van der Waals surface area contributed by atoms with Crippen molar-refractivity contribution in [3.8, 4) is 22.8 Å². The van der Waals surface area contributed by atoms with E-state index < -0.39 is 0 Å². The molecule has 3 heterocycles. The zero-order valence-electron chi connectivity index (χ0n) is 19.0. The normalized spacial score (nSPS) is 15.6. The van der Waals surface area contributed by atoms with E-state index in [1.54, 1.807) is 30.5 Å². The Kier molecular flexibility index (Phi) is 5.79. The maximum absolute atomic E-state index is 13.8. The van der Waals surface area contributed by atoms with Gasteiger partial charge < -0.3 is 14.2 Å². The lowest BCUT2D eigenvalue weighted by molar-refractivity contribution is 0.0709. The van der Waals surface area contributed by atoms with Gasteiger partial charge >= 0.3 is 0 Å². The number of ether oxygens (including phenoxy) is 1. The fourth-order valence-electron chi connectivity index (χ4n) is 4.32. The highest BCUT2D eigenvalue weighted by molar-refractivity contribution is 6.31. The van der Waals surface area contributed by atoms with Gasteiger partial charge in [-0.05, 0) is 56.0 Å². The highest BCUT2D eigenvalue weighted by Crippen LogP contribution is 2.36. The third-order valence-electron chi connectivity index (χ3n) is 6.13. The first-order valence-corrected chi connectivity index (χ1v) is 11.3. The first-order valence-electron chi connectivity index (χ1n) is 10.9. The second-order valence-corrected chi connectivity index (χ2v) is 8.59. The number of nitrogens with zero attached hydrogens (tertiary/aromatic N) is 6. The summed E-state index contributed by atoms with van der Waals surface area (Å²) in [5, 5.41) is 13.3. The Morgan fingerprint density at radius 2 is 2.00 bits per heavy atom. The summed E-state index contributed by atoms with van der Waals surface area (Å²) >= 11 is 6.26. The second-order valence-electron chi connectivity index (χ2n) is 8.18. The quantitative estimate of drug-likeness (QED) is 0.414. The molecule has 1 atom stereocenters. The van der Waals surface area contributed by atoms with Gasteiger partial charge in [0.1, 0.15) is 11.8 Å². The van der Waals surface area contributed by atoms with Crippen molar-refractivity contribution in [2.24, 2.45) is 0 Å². The molecule has 1 aliphatic rings. The van der Waals surface area contributed by atoms with E-state index in [-0.39, 0.29) is 11.9 Å². The minimum Gasteiger partial charge on any atom is -0.496 e. The van der Waals surface area contributed by atoms with Crippen LogP contribution in [-0.4, -0.2) is 49.6 Å². The Morgan fingerprint density at radius 3 is 2.76 bits per heavy atom. The molecule has 0 unspecified atom stereocenters.